The van der Waals surface area contributed by atoms with E-state index in [2.05, 4.69) is 32.4 Å². The van der Waals surface area contributed by atoms with Gasteiger partial charge in [-0.25, -0.2) is 4.98 Å². The predicted molar refractivity (Wildman–Crippen MR) is 73.7 cm³/mol. The first-order valence-corrected chi connectivity index (χ1v) is 6.77. The Labute approximate surface area is 114 Å². The van der Waals surface area contributed by atoms with Crippen LogP contribution in [-0.4, -0.2) is 20.6 Å². The van der Waals surface area contributed by atoms with Crippen LogP contribution in [0, 0.1) is 0 Å². The van der Waals surface area contributed by atoms with Crippen molar-refractivity contribution in [1.29, 1.82) is 0 Å². The van der Waals surface area contributed by atoms with Crippen molar-refractivity contribution in [2.24, 2.45) is 0 Å². The number of benzene rings is 1. The summed E-state index contributed by atoms with van der Waals surface area (Å²) < 4.78 is 3.10. The fourth-order valence-corrected chi connectivity index (χ4v) is 2.38. The Hall–Kier alpha value is -1.36. The van der Waals surface area contributed by atoms with Crippen LogP contribution in [0.1, 0.15) is 25.6 Å². The smallest absolute Gasteiger partial charge is 0.303 e. The van der Waals surface area contributed by atoms with Gasteiger partial charge in [-0.3, -0.25) is 4.79 Å². The van der Waals surface area contributed by atoms with Gasteiger partial charge in [-0.1, -0.05) is 22.9 Å². The van der Waals surface area contributed by atoms with E-state index in [1.54, 1.807) is 0 Å². The summed E-state index contributed by atoms with van der Waals surface area (Å²) in [6.07, 6.45) is 1.59. The molecule has 0 aliphatic rings. The Morgan fingerprint density at radius 1 is 1.50 bits per heavy atom. The van der Waals surface area contributed by atoms with Crippen molar-refractivity contribution in [2.75, 3.05) is 0 Å². The van der Waals surface area contributed by atoms with E-state index >= 15 is 0 Å². The van der Waals surface area contributed by atoms with Crippen LogP contribution >= 0.6 is 15.9 Å². The maximum atomic E-state index is 10.7. The number of aryl methyl sites for hydroxylation is 2. The van der Waals surface area contributed by atoms with E-state index in [0.717, 1.165) is 34.3 Å². The van der Waals surface area contributed by atoms with Crippen LogP contribution in [-0.2, 0) is 17.8 Å². The second-order valence-corrected chi connectivity index (χ2v) is 5.12. The van der Waals surface area contributed by atoms with Crippen LogP contribution in [0.25, 0.3) is 11.0 Å². The Morgan fingerprint density at radius 3 is 2.94 bits per heavy atom. The largest absolute Gasteiger partial charge is 0.481 e. The van der Waals surface area contributed by atoms with Crippen molar-refractivity contribution in [3.8, 4) is 0 Å². The highest BCUT2D eigenvalue weighted by molar-refractivity contribution is 9.10. The molecule has 0 unspecified atom stereocenters. The number of carboxylic acids is 1. The number of aromatic nitrogens is 2. The van der Waals surface area contributed by atoms with E-state index in [4.69, 9.17) is 5.11 Å². The maximum Gasteiger partial charge on any atom is 0.303 e. The van der Waals surface area contributed by atoms with Crippen molar-refractivity contribution < 1.29 is 9.90 Å². The fourth-order valence-electron chi connectivity index (χ4n) is 2.04. The molecule has 0 atom stereocenters. The molecule has 0 spiro atoms. The molecular weight excluding hydrogens is 296 g/mol. The molecule has 2 aromatic rings. The summed E-state index contributed by atoms with van der Waals surface area (Å²) in [6, 6.07) is 5.97. The zero-order valence-corrected chi connectivity index (χ0v) is 11.8. The Bertz CT molecular complexity index is 578. The van der Waals surface area contributed by atoms with Crippen molar-refractivity contribution in [3.63, 3.8) is 0 Å². The molecule has 5 heteroatoms. The summed E-state index contributed by atoms with van der Waals surface area (Å²) in [5, 5.41) is 8.77. The molecule has 18 heavy (non-hydrogen) atoms. The van der Waals surface area contributed by atoms with Crippen LogP contribution in [0.3, 0.4) is 0 Å². The Balaban J connectivity index is 2.43. The number of carboxylic acid groups (broad SMARTS) is 1. The molecule has 0 saturated heterocycles. The number of imidazole rings is 1. The third-order valence-corrected chi connectivity index (χ3v) is 3.29. The van der Waals surface area contributed by atoms with Crippen LogP contribution in [0.15, 0.2) is 22.7 Å². The Kier molecular flexibility index (Phi) is 4.01. The second kappa shape index (κ2) is 5.52. The maximum absolute atomic E-state index is 10.7. The lowest BCUT2D eigenvalue weighted by molar-refractivity contribution is -0.137. The predicted octanol–water partition coefficient (Wildman–Crippen LogP) is 3.23. The number of hydrogen-bond donors (Lipinski definition) is 1. The van der Waals surface area contributed by atoms with Crippen LogP contribution in [0.2, 0.25) is 0 Å². The Morgan fingerprint density at radius 2 is 2.28 bits per heavy atom. The van der Waals surface area contributed by atoms with Gasteiger partial charge in [-0.05, 0) is 24.6 Å². The fraction of sp³-hybridized carbons (Fsp3) is 0.385. The van der Waals surface area contributed by atoms with Crippen LogP contribution < -0.4 is 0 Å². The third kappa shape index (κ3) is 2.72. The number of fused-ring (bicyclic) bond motifs is 1. The lowest BCUT2D eigenvalue weighted by atomic mass is 10.3. The first kappa shape index (κ1) is 13.1. The van der Waals surface area contributed by atoms with Gasteiger partial charge >= 0.3 is 5.97 Å². The zero-order valence-electron chi connectivity index (χ0n) is 10.2. The average Bonchev–Trinajstić information content (AvgIpc) is 2.64. The highest BCUT2D eigenvalue weighted by Crippen LogP contribution is 2.22. The SMILES string of the molecule is CCCn1c(CCC(=O)O)nc2cc(Br)ccc21. The molecule has 1 aromatic heterocycles. The van der Waals surface area contributed by atoms with Gasteiger partial charge in [0.1, 0.15) is 5.82 Å². The van der Waals surface area contributed by atoms with E-state index < -0.39 is 5.97 Å². The van der Waals surface area contributed by atoms with Crippen molar-refractivity contribution in [2.45, 2.75) is 32.7 Å². The van der Waals surface area contributed by atoms with E-state index in [0.29, 0.717) is 6.42 Å². The van der Waals surface area contributed by atoms with Gasteiger partial charge in [0.15, 0.2) is 0 Å². The van der Waals surface area contributed by atoms with Gasteiger partial charge in [0.2, 0.25) is 0 Å². The first-order valence-electron chi connectivity index (χ1n) is 5.98. The average molecular weight is 311 g/mol. The molecule has 4 nitrogen and oxygen atoms in total. The van der Waals surface area contributed by atoms with Gasteiger partial charge in [-0.2, -0.15) is 0 Å². The summed E-state index contributed by atoms with van der Waals surface area (Å²) in [5.74, 6) is 0.0682. The topological polar surface area (TPSA) is 55.1 Å². The molecule has 96 valence electrons. The molecule has 0 saturated carbocycles. The summed E-state index contributed by atoms with van der Waals surface area (Å²) in [6.45, 7) is 2.97. The second-order valence-electron chi connectivity index (χ2n) is 4.21. The standard InChI is InChI=1S/C13H15BrN2O2/c1-2-7-16-11-4-3-9(14)8-10(11)15-12(16)5-6-13(17)18/h3-4,8H,2,5-7H2,1H3,(H,17,18). The highest BCUT2D eigenvalue weighted by atomic mass is 79.9. The first-order chi connectivity index (χ1) is 8.61. The summed E-state index contributed by atoms with van der Waals surface area (Å²) >= 11 is 3.42. The molecule has 0 aliphatic carbocycles. The number of rotatable bonds is 5. The van der Waals surface area contributed by atoms with E-state index in [1.165, 1.54) is 0 Å². The van der Waals surface area contributed by atoms with Gasteiger partial charge in [0.05, 0.1) is 17.5 Å². The lowest BCUT2D eigenvalue weighted by Crippen LogP contribution is -2.06. The zero-order chi connectivity index (χ0) is 13.1. The summed E-state index contributed by atoms with van der Waals surface area (Å²) in [5.41, 5.74) is 1.98. The molecule has 1 N–H and O–H groups in total. The number of nitrogens with zero attached hydrogens (tertiary/aromatic N) is 2. The van der Waals surface area contributed by atoms with E-state index in [-0.39, 0.29) is 6.42 Å². The van der Waals surface area contributed by atoms with Crippen LogP contribution in [0.4, 0.5) is 0 Å². The number of carbonyl (C=O) groups is 1. The molecule has 1 aromatic carbocycles. The van der Waals surface area contributed by atoms with Crippen molar-refractivity contribution in [1.82, 2.24) is 9.55 Å². The van der Waals surface area contributed by atoms with Crippen molar-refractivity contribution >= 4 is 32.9 Å². The lowest BCUT2D eigenvalue weighted by Gasteiger charge is -2.06. The molecular formula is C13H15BrN2O2. The normalized spacial score (nSPS) is 11.0. The number of hydrogen-bond acceptors (Lipinski definition) is 2. The number of halogens is 1. The molecule has 0 fully saturated rings. The van der Waals surface area contributed by atoms with Gasteiger partial charge in [0.25, 0.3) is 0 Å². The van der Waals surface area contributed by atoms with E-state index in [9.17, 15) is 4.79 Å². The third-order valence-electron chi connectivity index (χ3n) is 2.80. The molecule has 0 aliphatic heterocycles. The minimum Gasteiger partial charge on any atom is -0.481 e. The minimum atomic E-state index is -0.786. The minimum absolute atomic E-state index is 0.119. The molecule has 0 radical (unpaired) electrons. The molecule has 0 amide bonds. The number of aliphatic carboxylic acids is 1. The highest BCUT2D eigenvalue weighted by Gasteiger charge is 2.11. The van der Waals surface area contributed by atoms with E-state index in [1.807, 2.05) is 18.2 Å². The molecule has 0 bridgehead atoms. The van der Waals surface area contributed by atoms with Gasteiger partial charge < -0.3 is 9.67 Å². The quantitative estimate of drug-likeness (QED) is 0.922. The van der Waals surface area contributed by atoms with Gasteiger partial charge in [0, 0.05) is 17.4 Å². The van der Waals surface area contributed by atoms with Crippen LogP contribution in [0.5, 0.6) is 0 Å². The molecule has 1 heterocycles. The summed E-state index contributed by atoms with van der Waals surface area (Å²) in [4.78, 5) is 15.2. The van der Waals surface area contributed by atoms with Gasteiger partial charge in [-0.15, -0.1) is 0 Å². The summed E-state index contributed by atoms with van der Waals surface area (Å²) in [7, 11) is 0. The van der Waals surface area contributed by atoms with Crippen molar-refractivity contribution in [3.05, 3.63) is 28.5 Å². The monoisotopic (exact) mass is 310 g/mol. The molecule has 2 rings (SSSR count).